The fourth-order valence-electron chi connectivity index (χ4n) is 3.22. The predicted octanol–water partition coefficient (Wildman–Crippen LogP) is 2.04. The zero-order valence-corrected chi connectivity index (χ0v) is 16.2. The molecule has 1 aliphatic rings. The molecular formula is C17H20ClN3O5S. The number of phenolic OH excluding ortho intramolecular Hbond substituents is 1. The summed E-state index contributed by atoms with van der Waals surface area (Å²) in [6.07, 6.45) is 3.93. The third kappa shape index (κ3) is 3.67. The highest BCUT2D eigenvalue weighted by Gasteiger charge is 2.28. The summed E-state index contributed by atoms with van der Waals surface area (Å²) >= 11 is 5.95. The van der Waals surface area contributed by atoms with E-state index in [0.717, 1.165) is 25.7 Å². The summed E-state index contributed by atoms with van der Waals surface area (Å²) in [7, 11) is -4.03. The highest BCUT2D eigenvalue weighted by atomic mass is 35.5. The SMILES string of the molecule is CCNS(=O)(=O)c1c(Cl)ccc(Nc2c(NC3CCCC3)c(=O)c2=O)c1O. The Labute approximate surface area is 161 Å². The molecule has 1 fully saturated rings. The van der Waals surface area contributed by atoms with Gasteiger partial charge in [-0.05, 0) is 25.0 Å². The van der Waals surface area contributed by atoms with E-state index in [1.165, 1.54) is 12.1 Å². The average molecular weight is 414 g/mol. The zero-order chi connectivity index (χ0) is 19.8. The van der Waals surface area contributed by atoms with E-state index in [-0.39, 0.29) is 34.7 Å². The van der Waals surface area contributed by atoms with Crippen LogP contribution in [0.25, 0.3) is 0 Å². The van der Waals surface area contributed by atoms with Gasteiger partial charge >= 0.3 is 0 Å². The molecule has 0 amide bonds. The number of hydrogen-bond acceptors (Lipinski definition) is 7. The van der Waals surface area contributed by atoms with Gasteiger partial charge < -0.3 is 15.7 Å². The number of anilines is 3. The van der Waals surface area contributed by atoms with Crippen LogP contribution in [0.3, 0.4) is 0 Å². The number of nitrogens with one attached hydrogen (secondary N) is 3. The minimum absolute atomic E-state index is 0.0105. The maximum absolute atomic E-state index is 12.3. The van der Waals surface area contributed by atoms with Crippen LogP contribution in [0, 0.1) is 0 Å². The summed E-state index contributed by atoms with van der Waals surface area (Å²) in [5, 5.41) is 16.0. The molecule has 4 N–H and O–H groups in total. The molecule has 1 saturated carbocycles. The highest BCUT2D eigenvalue weighted by Crippen LogP contribution is 2.38. The molecular weight excluding hydrogens is 394 g/mol. The lowest BCUT2D eigenvalue weighted by Crippen LogP contribution is -2.38. The quantitative estimate of drug-likeness (QED) is 0.404. The number of aromatic hydroxyl groups is 1. The highest BCUT2D eigenvalue weighted by molar-refractivity contribution is 7.89. The molecule has 2 aromatic rings. The molecule has 0 heterocycles. The summed E-state index contributed by atoms with van der Waals surface area (Å²) < 4.78 is 26.8. The second-order valence-electron chi connectivity index (χ2n) is 6.43. The minimum atomic E-state index is -4.03. The molecule has 0 unspecified atom stereocenters. The molecule has 10 heteroatoms. The Morgan fingerprint density at radius 3 is 2.41 bits per heavy atom. The monoisotopic (exact) mass is 413 g/mol. The number of rotatable bonds is 7. The van der Waals surface area contributed by atoms with Crippen LogP contribution in [0.1, 0.15) is 32.6 Å². The summed E-state index contributed by atoms with van der Waals surface area (Å²) in [5.74, 6) is -0.622. The van der Waals surface area contributed by atoms with Crippen molar-refractivity contribution in [3.8, 4) is 5.75 Å². The molecule has 0 spiro atoms. The van der Waals surface area contributed by atoms with Crippen LogP contribution in [0.5, 0.6) is 5.75 Å². The van der Waals surface area contributed by atoms with Gasteiger partial charge in [-0.3, -0.25) is 9.59 Å². The van der Waals surface area contributed by atoms with E-state index in [0.29, 0.717) is 0 Å². The Bertz CT molecular complexity index is 1040. The largest absolute Gasteiger partial charge is 0.504 e. The van der Waals surface area contributed by atoms with Gasteiger partial charge in [-0.1, -0.05) is 31.4 Å². The Morgan fingerprint density at radius 2 is 1.78 bits per heavy atom. The second kappa shape index (κ2) is 7.49. The van der Waals surface area contributed by atoms with E-state index >= 15 is 0 Å². The number of sulfonamides is 1. The Morgan fingerprint density at radius 1 is 1.15 bits per heavy atom. The van der Waals surface area contributed by atoms with Crippen molar-refractivity contribution < 1.29 is 13.5 Å². The van der Waals surface area contributed by atoms with Crippen molar-refractivity contribution in [3.63, 3.8) is 0 Å². The Kier molecular flexibility index (Phi) is 5.45. The van der Waals surface area contributed by atoms with Crippen LogP contribution in [-0.4, -0.2) is 26.1 Å². The van der Waals surface area contributed by atoms with Gasteiger partial charge in [-0.25, -0.2) is 13.1 Å². The van der Waals surface area contributed by atoms with Gasteiger partial charge in [0, 0.05) is 12.6 Å². The first-order valence-corrected chi connectivity index (χ1v) is 10.5. The van der Waals surface area contributed by atoms with Gasteiger partial charge in [-0.2, -0.15) is 0 Å². The lowest BCUT2D eigenvalue weighted by molar-refractivity contribution is 0.460. The van der Waals surface area contributed by atoms with Crippen molar-refractivity contribution in [2.24, 2.45) is 0 Å². The van der Waals surface area contributed by atoms with Crippen molar-refractivity contribution in [3.05, 3.63) is 37.6 Å². The fraction of sp³-hybridized carbons (Fsp3) is 0.412. The average Bonchev–Trinajstić information content (AvgIpc) is 3.12. The van der Waals surface area contributed by atoms with E-state index in [4.69, 9.17) is 11.6 Å². The maximum atomic E-state index is 12.3. The van der Waals surface area contributed by atoms with Crippen molar-refractivity contribution in [1.82, 2.24) is 4.72 Å². The van der Waals surface area contributed by atoms with Crippen molar-refractivity contribution in [1.29, 1.82) is 0 Å². The van der Waals surface area contributed by atoms with Gasteiger partial charge in [0.15, 0.2) is 5.75 Å². The molecule has 0 radical (unpaired) electrons. The lowest BCUT2D eigenvalue weighted by Gasteiger charge is -2.20. The van der Waals surface area contributed by atoms with Crippen LogP contribution in [0.15, 0.2) is 26.6 Å². The van der Waals surface area contributed by atoms with Gasteiger partial charge in [-0.15, -0.1) is 0 Å². The summed E-state index contributed by atoms with van der Waals surface area (Å²) in [5.41, 5.74) is -1.20. The van der Waals surface area contributed by atoms with Crippen LogP contribution < -0.4 is 26.2 Å². The minimum Gasteiger partial charge on any atom is -0.504 e. The van der Waals surface area contributed by atoms with Gasteiger partial charge in [0.05, 0.1) is 10.7 Å². The second-order valence-corrected chi connectivity index (χ2v) is 8.54. The van der Waals surface area contributed by atoms with Gasteiger partial charge in [0.25, 0.3) is 10.9 Å². The van der Waals surface area contributed by atoms with E-state index < -0.39 is 31.5 Å². The van der Waals surface area contributed by atoms with Crippen molar-refractivity contribution in [2.45, 2.75) is 43.5 Å². The molecule has 27 heavy (non-hydrogen) atoms. The topological polar surface area (TPSA) is 125 Å². The normalized spacial score (nSPS) is 15.3. The van der Waals surface area contributed by atoms with Gasteiger partial charge in [0.1, 0.15) is 16.3 Å². The molecule has 0 aromatic heterocycles. The molecule has 0 aliphatic heterocycles. The smallest absolute Gasteiger partial charge is 0.253 e. The van der Waals surface area contributed by atoms with Crippen molar-refractivity contribution in [2.75, 3.05) is 17.2 Å². The maximum Gasteiger partial charge on any atom is 0.253 e. The molecule has 0 atom stereocenters. The molecule has 8 nitrogen and oxygen atoms in total. The van der Waals surface area contributed by atoms with E-state index in [9.17, 15) is 23.1 Å². The molecule has 1 aliphatic carbocycles. The molecule has 0 saturated heterocycles. The third-order valence-electron chi connectivity index (χ3n) is 4.56. The summed E-state index contributed by atoms with van der Waals surface area (Å²) in [6.45, 7) is 1.71. The first-order valence-electron chi connectivity index (χ1n) is 8.64. The number of hydrogen-bond donors (Lipinski definition) is 4. The molecule has 3 rings (SSSR count). The molecule has 146 valence electrons. The van der Waals surface area contributed by atoms with Crippen LogP contribution in [-0.2, 0) is 10.0 Å². The predicted molar refractivity (Wildman–Crippen MR) is 104 cm³/mol. The van der Waals surface area contributed by atoms with Crippen LogP contribution in [0.2, 0.25) is 5.02 Å². The third-order valence-corrected chi connectivity index (χ3v) is 6.61. The molecule has 0 bridgehead atoms. The standard InChI is InChI=1S/C17H20ClN3O5S/c1-2-19-27(25,26)17-10(18)7-8-11(14(17)22)21-13-12(15(23)16(13)24)20-9-5-3-4-6-9/h7-9,19-22H,2-6H2,1H3. The number of halogens is 1. The van der Waals surface area contributed by atoms with Crippen LogP contribution >= 0.6 is 11.6 Å². The number of benzene rings is 1. The zero-order valence-electron chi connectivity index (χ0n) is 14.6. The lowest BCUT2D eigenvalue weighted by atomic mass is 10.1. The summed E-state index contributed by atoms with van der Waals surface area (Å²) in [4.78, 5) is 23.4. The first-order chi connectivity index (χ1) is 12.8. The first kappa shape index (κ1) is 19.7. The number of phenols is 1. The Balaban J connectivity index is 1.95. The van der Waals surface area contributed by atoms with E-state index in [1.807, 2.05) is 0 Å². The summed E-state index contributed by atoms with van der Waals surface area (Å²) in [6, 6.07) is 2.76. The fourth-order valence-corrected chi connectivity index (χ4v) is 4.89. The van der Waals surface area contributed by atoms with Gasteiger partial charge in [0.2, 0.25) is 10.0 Å². The van der Waals surface area contributed by atoms with E-state index in [2.05, 4.69) is 15.4 Å². The van der Waals surface area contributed by atoms with E-state index in [1.54, 1.807) is 6.92 Å². The van der Waals surface area contributed by atoms with Crippen molar-refractivity contribution >= 4 is 38.7 Å². The molecule has 2 aromatic carbocycles. The Hall–Kier alpha value is -2.10. The van der Waals surface area contributed by atoms with Crippen LogP contribution in [0.4, 0.5) is 17.1 Å².